The third kappa shape index (κ3) is 4.95. The van der Waals surface area contributed by atoms with Gasteiger partial charge in [0.05, 0.1) is 22.9 Å². The van der Waals surface area contributed by atoms with Crippen molar-refractivity contribution in [2.45, 2.75) is 30.8 Å². The highest BCUT2D eigenvalue weighted by Gasteiger charge is 2.31. The predicted octanol–water partition coefficient (Wildman–Crippen LogP) is 1.45. The molecule has 0 bridgehead atoms. The average molecular weight is 429 g/mol. The molecule has 1 aliphatic heterocycles. The summed E-state index contributed by atoms with van der Waals surface area (Å²) in [6.07, 6.45) is 0.252. The quantitative estimate of drug-likeness (QED) is 0.724. The first kappa shape index (κ1) is 20.0. The van der Waals surface area contributed by atoms with Gasteiger partial charge in [0.2, 0.25) is 10.0 Å². The van der Waals surface area contributed by atoms with E-state index in [1.165, 1.54) is 24.3 Å². The number of carbonyl (C=O) groups excluding carboxylic acids is 1. The van der Waals surface area contributed by atoms with Crippen LogP contribution in [0.5, 0.6) is 0 Å². The number of aryl methyl sites for hydroxylation is 1. The Kier molecular flexibility index (Phi) is 5.71. The number of hydrogen-bond acceptors (Lipinski definition) is 6. The number of amides is 1. The zero-order valence-electron chi connectivity index (χ0n) is 14.6. The molecule has 0 aliphatic carbocycles. The minimum atomic E-state index is -3.91. The maximum atomic E-state index is 12.5. The largest absolute Gasteiger partial charge is 0.347 e. The molecule has 1 aromatic heterocycles. The van der Waals surface area contributed by atoms with Gasteiger partial charge >= 0.3 is 0 Å². The number of carbonyl (C=O) groups is 1. The Morgan fingerprint density at radius 3 is 2.70 bits per heavy atom. The zero-order valence-corrected chi connectivity index (χ0v) is 17.1. The van der Waals surface area contributed by atoms with Crippen LogP contribution in [-0.4, -0.2) is 40.3 Å². The van der Waals surface area contributed by atoms with Crippen LogP contribution in [0.4, 0.5) is 0 Å². The second-order valence-electron chi connectivity index (χ2n) is 6.46. The van der Waals surface area contributed by atoms with Crippen LogP contribution in [0.1, 0.15) is 27.2 Å². The van der Waals surface area contributed by atoms with Crippen LogP contribution in [0.15, 0.2) is 40.6 Å². The SMILES string of the molecule is Cc1ccsc1CNC(=O)c1cccc(S(=O)(=O)NC2CCS(=O)(=O)C2)c1. The van der Waals surface area contributed by atoms with Gasteiger partial charge in [-0.25, -0.2) is 21.6 Å². The monoisotopic (exact) mass is 428 g/mol. The molecule has 27 heavy (non-hydrogen) atoms. The van der Waals surface area contributed by atoms with Crippen LogP contribution in [-0.2, 0) is 26.4 Å². The smallest absolute Gasteiger partial charge is 0.251 e. The fourth-order valence-electron chi connectivity index (χ4n) is 2.83. The van der Waals surface area contributed by atoms with E-state index in [2.05, 4.69) is 10.0 Å². The zero-order chi connectivity index (χ0) is 19.7. The van der Waals surface area contributed by atoms with Crippen molar-refractivity contribution in [3.63, 3.8) is 0 Å². The predicted molar refractivity (Wildman–Crippen MR) is 104 cm³/mol. The maximum Gasteiger partial charge on any atom is 0.251 e. The summed E-state index contributed by atoms with van der Waals surface area (Å²) < 4.78 is 50.5. The summed E-state index contributed by atoms with van der Waals surface area (Å²) >= 11 is 1.54. The molecular formula is C17H20N2O5S3. The molecule has 146 valence electrons. The average Bonchev–Trinajstić information content (AvgIpc) is 3.17. The van der Waals surface area contributed by atoms with E-state index in [-0.39, 0.29) is 34.3 Å². The first-order chi connectivity index (χ1) is 12.7. The van der Waals surface area contributed by atoms with Crippen LogP contribution in [0.2, 0.25) is 0 Å². The van der Waals surface area contributed by atoms with E-state index in [4.69, 9.17) is 0 Å². The molecule has 3 rings (SSSR count). The van der Waals surface area contributed by atoms with Gasteiger partial charge in [0.1, 0.15) is 0 Å². The topological polar surface area (TPSA) is 109 Å². The van der Waals surface area contributed by atoms with Gasteiger partial charge in [0, 0.05) is 16.5 Å². The Morgan fingerprint density at radius 1 is 1.30 bits per heavy atom. The van der Waals surface area contributed by atoms with Crippen molar-refractivity contribution in [2.75, 3.05) is 11.5 Å². The summed E-state index contributed by atoms with van der Waals surface area (Å²) in [6, 6.07) is 7.03. The second kappa shape index (κ2) is 7.70. The van der Waals surface area contributed by atoms with Crippen LogP contribution < -0.4 is 10.0 Å². The molecule has 1 amide bonds. The van der Waals surface area contributed by atoms with Gasteiger partial charge in [0.15, 0.2) is 9.84 Å². The Balaban J connectivity index is 1.70. The Hall–Kier alpha value is -1.75. The highest BCUT2D eigenvalue weighted by Crippen LogP contribution is 2.18. The summed E-state index contributed by atoms with van der Waals surface area (Å²) in [6.45, 7) is 2.33. The lowest BCUT2D eigenvalue weighted by Crippen LogP contribution is -2.35. The first-order valence-corrected chi connectivity index (χ1v) is 12.5. The summed E-state index contributed by atoms with van der Waals surface area (Å²) in [7, 11) is -7.10. The molecule has 2 N–H and O–H groups in total. The fraction of sp³-hybridized carbons (Fsp3) is 0.353. The van der Waals surface area contributed by atoms with Crippen LogP contribution in [0.25, 0.3) is 0 Å². The van der Waals surface area contributed by atoms with E-state index in [1.54, 1.807) is 11.3 Å². The van der Waals surface area contributed by atoms with E-state index in [0.29, 0.717) is 6.54 Å². The lowest BCUT2D eigenvalue weighted by Gasteiger charge is -2.12. The molecule has 10 heteroatoms. The molecule has 0 saturated carbocycles. The molecule has 1 saturated heterocycles. The van der Waals surface area contributed by atoms with Gasteiger partial charge in [-0.3, -0.25) is 4.79 Å². The van der Waals surface area contributed by atoms with Gasteiger partial charge in [-0.15, -0.1) is 11.3 Å². The molecule has 7 nitrogen and oxygen atoms in total. The Bertz CT molecular complexity index is 1060. The van der Waals surface area contributed by atoms with E-state index >= 15 is 0 Å². The van der Waals surface area contributed by atoms with Crippen molar-refractivity contribution in [2.24, 2.45) is 0 Å². The number of benzene rings is 1. The minimum absolute atomic E-state index is 0.0230. The summed E-state index contributed by atoms with van der Waals surface area (Å²) in [5, 5.41) is 4.73. The molecule has 0 radical (unpaired) electrons. The van der Waals surface area contributed by atoms with E-state index in [0.717, 1.165) is 10.4 Å². The molecule has 0 spiro atoms. The minimum Gasteiger partial charge on any atom is -0.347 e. The highest BCUT2D eigenvalue weighted by molar-refractivity contribution is 7.92. The Labute approximate surface area is 162 Å². The second-order valence-corrected chi connectivity index (χ2v) is 11.4. The van der Waals surface area contributed by atoms with Gasteiger partial charge < -0.3 is 5.32 Å². The molecule has 2 heterocycles. The van der Waals surface area contributed by atoms with Crippen LogP contribution >= 0.6 is 11.3 Å². The van der Waals surface area contributed by atoms with Crippen LogP contribution in [0, 0.1) is 6.92 Å². The lowest BCUT2D eigenvalue weighted by molar-refractivity contribution is 0.0951. The van der Waals surface area contributed by atoms with Crippen molar-refractivity contribution >= 4 is 37.1 Å². The first-order valence-electron chi connectivity index (χ1n) is 8.30. The molecule has 1 aromatic carbocycles. The van der Waals surface area contributed by atoms with Gasteiger partial charge in [-0.1, -0.05) is 6.07 Å². The molecule has 2 aromatic rings. The van der Waals surface area contributed by atoms with Gasteiger partial charge in [0.25, 0.3) is 5.91 Å². The number of rotatable bonds is 6. The molecule has 1 atom stereocenters. The third-order valence-corrected chi connectivity index (χ3v) is 8.65. The number of hydrogen-bond donors (Lipinski definition) is 2. The molecule has 1 aliphatic rings. The van der Waals surface area contributed by atoms with E-state index < -0.39 is 25.9 Å². The number of nitrogens with one attached hydrogen (secondary N) is 2. The molecular weight excluding hydrogens is 408 g/mol. The van der Waals surface area contributed by atoms with Gasteiger partial charge in [-0.05, 0) is 48.6 Å². The molecule has 1 unspecified atom stereocenters. The van der Waals surface area contributed by atoms with Crippen molar-refractivity contribution in [1.29, 1.82) is 0 Å². The summed E-state index contributed by atoms with van der Waals surface area (Å²) in [5.74, 6) is -0.597. The highest BCUT2D eigenvalue weighted by atomic mass is 32.2. The van der Waals surface area contributed by atoms with Gasteiger partial charge in [-0.2, -0.15) is 0 Å². The van der Waals surface area contributed by atoms with Crippen LogP contribution in [0.3, 0.4) is 0 Å². The fourth-order valence-corrected chi connectivity index (χ4v) is 6.77. The van der Waals surface area contributed by atoms with Crippen molar-refractivity contribution < 1.29 is 21.6 Å². The normalized spacial score (nSPS) is 19.1. The number of sulfone groups is 1. The van der Waals surface area contributed by atoms with E-state index in [1.807, 2.05) is 18.4 Å². The molecule has 1 fully saturated rings. The maximum absolute atomic E-state index is 12.5. The van der Waals surface area contributed by atoms with E-state index in [9.17, 15) is 21.6 Å². The third-order valence-electron chi connectivity index (χ3n) is 4.34. The van der Waals surface area contributed by atoms with Crippen molar-refractivity contribution in [3.8, 4) is 0 Å². The lowest BCUT2D eigenvalue weighted by atomic mass is 10.2. The Morgan fingerprint density at radius 2 is 2.07 bits per heavy atom. The van der Waals surface area contributed by atoms with Crippen molar-refractivity contribution in [1.82, 2.24) is 10.0 Å². The number of sulfonamides is 1. The van der Waals surface area contributed by atoms with Crippen molar-refractivity contribution in [3.05, 3.63) is 51.7 Å². The summed E-state index contributed by atoms with van der Waals surface area (Å²) in [4.78, 5) is 13.3. The standard InChI is InChI=1S/C17H20N2O5S3/c1-12-5-7-25-16(12)10-18-17(20)13-3-2-4-15(9-13)27(23,24)19-14-6-8-26(21,22)11-14/h2-5,7,9,14,19H,6,8,10-11H2,1H3,(H,18,20). The summed E-state index contributed by atoms with van der Waals surface area (Å²) in [5.41, 5.74) is 1.32. The number of thiophene rings is 1.